The summed E-state index contributed by atoms with van der Waals surface area (Å²) in [6, 6.07) is 0. The minimum absolute atomic E-state index is 0.0195. The van der Waals surface area contributed by atoms with Crippen LogP contribution >= 0.6 is 0 Å². The first-order valence-electron chi connectivity index (χ1n) is 6.10. The van der Waals surface area contributed by atoms with E-state index in [9.17, 15) is 13.2 Å². The molecule has 1 atom stereocenters. The molecule has 1 aliphatic rings. The smallest absolute Gasteiger partial charge is 0.249 e. The average Bonchev–Trinajstić information content (AvgIpc) is 2.84. The van der Waals surface area contributed by atoms with Crippen molar-refractivity contribution in [1.82, 2.24) is 9.62 Å². The molecular formula is C13H20N2O3S. The number of sulfonamides is 1. The van der Waals surface area contributed by atoms with Crippen LogP contribution in [0.15, 0.2) is 36.3 Å². The fraction of sp³-hybridized carbons (Fsp3) is 0.462. The molecule has 1 amide bonds. The minimum atomic E-state index is -3.38. The van der Waals surface area contributed by atoms with E-state index < -0.39 is 10.0 Å². The lowest BCUT2D eigenvalue weighted by molar-refractivity contribution is -0.126. The molecule has 0 unspecified atom stereocenters. The van der Waals surface area contributed by atoms with Crippen molar-refractivity contribution < 1.29 is 13.2 Å². The van der Waals surface area contributed by atoms with Crippen LogP contribution in [-0.4, -0.2) is 38.9 Å². The predicted molar refractivity (Wildman–Crippen MR) is 75.8 cm³/mol. The maximum absolute atomic E-state index is 12.0. The number of carbonyl (C=O) groups is 1. The normalized spacial score (nSPS) is 20.4. The van der Waals surface area contributed by atoms with Crippen LogP contribution in [0.5, 0.6) is 0 Å². The van der Waals surface area contributed by atoms with E-state index in [0.29, 0.717) is 25.2 Å². The molecule has 6 heteroatoms. The van der Waals surface area contributed by atoms with Gasteiger partial charge in [0.2, 0.25) is 15.9 Å². The molecule has 0 bridgehead atoms. The molecule has 106 valence electrons. The number of hydrogen-bond acceptors (Lipinski definition) is 3. The topological polar surface area (TPSA) is 66.5 Å². The molecule has 1 saturated heterocycles. The number of nitrogens with zero attached hydrogens (tertiary/aromatic N) is 1. The third-order valence-electron chi connectivity index (χ3n) is 3.07. The summed E-state index contributed by atoms with van der Waals surface area (Å²) in [7, 11) is -3.38. The van der Waals surface area contributed by atoms with Crippen LogP contribution in [0.3, 0.4) is 0 Å². The highest BCUT2D eigenvalue weighted by atomic mass is 32.2. The Morgan fingerprint density at radius 2 is 2.16 bits per heavy atom. The molecule has 1 N–H and O–H groups in total. The van der Waals surface area contributed by atoms with Crippen LogP contribution in [0, 0.1) is 5.92 Å². The third-order valence-corrected chi connectivity index (χ3v) is 4.08. The summed E-state index contributed by atoms with van der Waals surface area (Å²) < 4.78 is 24.9. The molecule has 5 nitrogen and oxygen atoms in total. The minimum Gasteiger partial charge on any atom is -0.339 e. The van der Waals surface area contributed by atoms with E-state index in [-0.39, 0.29) is 11.8 Å². The van der Waals surface area contributed by atoms with Crippen molar-refractivity contribution in [2.24, 2.45) is 5.92 Å². The summed E-state index contributed by atoms with van der Waals surface area (Å²) >= 11 is 0. The van der Waals surface area contributed by atoms with Gasteiger partial charge in [0.15, 0.2) is 0 Å². The average molecular weight is 284 g/mol. The lowest BCUT2D eigenvalue weighted by Gasteiger charge is -2.16. The summed E-state index contributed by atoms with van der Waals surface area (Å²) in [5.74, 6) is 0.129. The van der Waals surface area contributed by atoms with Gasteiger partial charge in [-0.1, -0.05) is 25.3 Å². The fourth-order valence-electron chi connectivity index (χ4n) is 1.97. The number of allylic oxidation sites excluding steroid dienone is 2. The van der Waals surface area contributed by atoms with Crippen molar-refractivity contribution >= 4 is 15.9 Å². The Bertz CT molecular complexity index is 494. The molecule has 0 radical (unpaired) electrons. The Hall–Kier alpha value is -1.40. The summed E-state index contributed by atoms with van der Waals surface area (Å²) in [5.41, 5.74) is 0.641. The second-order valence-electron chi connectivity index (χ2n) is 4.55. The maximum Gasteiger partial charge on any atom is 0.249 e. The van der Waals surface area contributed by atoms with E-state index in [0.717, 1.165) is 11.8 Å². The van der Waals surface area contributed by atoms with Gasteiger partial charge in [-0.25, -0.2) is 13.1 Å². The SMILES string of the molecule is C=C/C=C(\C)C(=O)N1CC[C@H](CNS(=O)(=O)C=C)C1. The van der Waals surface area contributed by atoms with E-state index in [1.165, 1.54) is 0 Å². The molecule has 1 rings (SSSR count). The highest BCUT2D eigenvalue weighted by Crippen LogP contribution is 2.17. The van der Waals surface area contributed by atoms with Gasteiger partial charge in [-0.15, -0.1) is 0 Å². The van der Waals surface area contributed by atoms with Crippen molar-refractivity contribution in [3.8, 4) is 0 Å². The van der Waals surface area contributed by atoms with Crippen molar-refractivity contribution in [3.63, 3.8) is 0 Å². The van der Waals surface area contributed by atoms with E-state index in [2.05, 4.69) is 17.9 Å². The Balaban J connectivity index is 2.50. The molecule has 0 aromatic heterocycles. The summed E-state index contributed by atoms with van der Waals surface area (Å²) in [6.07, 6.45) is 4.06. The Morgan fingerprint density at radius 3 is 2.74 bits per heavy atom. The Kier molecular flexibility index (Phi) is 5.50. The number of nitrogens with one attached hydrogen (secondary N) is 1. The molecule has 0 aromatic carbocycles. The van der Waals surface area contributed by atoms with Gasteiger partial charge < -0.3 is 4.90 Å². The molecule has 1 aliphatic heterocycles. The first kappa shape index (κ1) is 15.7. The quantitative estimate of drug-likeness (QED) is 0.585. The second-order valence-corrected chi connectivity index (χ2v) is 6.26. The van der Waals surface area contributed by atoms with E-state index >= 15 is 0 Å². The number of likely N-dealkylation sites (tertiary alicyclic amines) is 1. The van der Waals surface area contributed by atoms with E-state index in [1.807, 2.05) is 0 Å². The summed E-state index contributed by atoms with van der Waals surface area (Å²) in [5, 5.41) is 0.891. The molecular weight excluding hydrogens is 264 g/mol. The van der Waals surface area contributed by atoms with Crippen LogP contribution in [0.4, 0.5) is 0 Å². The van der Waals surface area contributed by atoms with E-state index in [1.54, 1.807) is 24.0 Å². The first-order chi connectivity index (χ1) is 8.89. The molecule has 0 saturated carbocycles. The van der Waals surface area contributed by atoms with Gasteiger partial charge in [0.1, 0.15) is 0 Å². The van der Waals surface area contributed by atoms with Gasteiger partial charge in [0.05, 0.1) is 0 Å². The highest BCUT2D eigenvalue weighted by Gasteiger charge is 2.27. The van der Waals surface area contributed by atoms with Crippen molar-refractivity contribution in [3.05, 3.63) is 36.3 Å². The van der Waals surface area contributed by atoms with Crippen molar-refractivity contribution in [2.75, 3.05) is 19.6 Å². The predicted octanol–water partition coefficient (Wildman–Crippen LogP) is 1.03. The number of rotatable bonds is 6. The highest BCUT2D eigenvalue weighted by molar-refractivity contribution is 7.92. The van der Waals surface area contributed by atoms with Gasteiger partial charge in [0.25, 0.3) is 0 Å². The lowest BCUT2D eigenvalue weighted by Crippen LogP contribution is -2.32. The molecule has 1 heterocycles. The monoisotopic (exact) mass is 284 g/mol. The molecule has 0 aromatic rings. The Morgan fingerprint density at radius 1 is 1.47 bits per heavy atom. The van der Waals surface area contributed by atoms with Crippen LogP contribution in [-0.2, 0) is 14.8 Å². The van der Waals surface area contributed by atoms with Crippen molar-refractivity contribution in [1.29, 1.82) is 0 Å². The second kappa shape index (κ2) is 6.68. The summed E-state index contributed by atoms with van der Waals surface area (Å²) in [4.78, 5) is 13.7. The fourth-order valence-corrected chi connectivity index (χ4v) is 2.56. The van der Waals surface area contributed by atoms with Crippen LogP contribution in [0.1, 0.15) is 13.3 Å². The molecule has 19 heavy (non-hydrogen) atoms. The zero-order valence-electron chi connectivity index (χ0n) is 11.1. The van der Waals surface area contributed by atoms with Gasteiger partial charge in [-0.2, -0.15) is 0 Å². The van der Waals surface area contributed by atoms with Crippen LogP contribution in [0.2, 0.25) is 0 Å². The molecule has 1 fully saturated rings. The third kappa shape index (κ3) is 4.65. The van der Waals surface area contributed by atoms with Gasteiger partial charge >= 0.3 is 0 Å². The molecule has 0 spiro atoms. The van der Waals surface area contributed by atoms with E-state index in [4.69, 9.17) is 0 Å². The number of hydrogen-bond donors (Lipinski definition) is 1. The van der Waals surface area contributed by atoms with Crippen molar-refractivity contribution in [2.45, 2.75) is 13.3 Å². The van der Waals surface area contributed by atoms with Crippen LogP contribution in [0.25, 0.3) is 0 Å². The standard InChI is InChI=1S/C13H20N2O3S/c1-4-6-11(3)13(16)15-8-7-12(10-15)9-14-19(17,18)5-2/h4-6,12,14H,1-2,7-10H2,3H3/b11-6+/t12-/m1/s1. The van der Waals surface area contributed by atoms with Gasteiger partial charge in [-0.3, -0.25) is 4.79 Å². The molecule has 0 aliphatic carbocycles. The van der Waals surface area contributed by atoms with Gasteiger partial charge in [0, 0.05) is 30.6 Å². The first-order valence-corrected chi connectivity index (χ1v) is 7.65. The largest absolute Gasteiger partial charge is 0.339 e. The number of amides is 1. The number of carbonyl (C=O) groups excluding carboxylic acids is 1. The summed E-state index contributed by atoms with van der Waals surface area (Å²) in [6.45, 7) is 10.1. The zero-order valence-corrected chi connectivity index (χ0v) is 11.9. The van der Waals surface area contributed by atoms with Crippen LogP contribution < -0.4 is 4.72 Å². The zero-order chi connectivity index (χ0) is 14.5. The van der Waals surface area contributed by atoms with Gasteiger partial charge in [-0.05, 0) is 19.3 Å². The maximum atomic E-state index is 12.0. The Labute approximate surface area is 114 Å². The lowest BCUT2D eigenvalue weighted by atomic mass is 10.1.